The average molecular weight is 231 g/mol. The van der Waals surface area contributed by atoms with E-state index in [-0.39, 0.29) is 6.61 Å². The topological polar surface area (TPSA) is 38.3 Å². The lowest BCUT2D eigenvalue weighted by Crippen LogP contribution is -2.50. The molecule has 0 heterocycles. The predicted molar refractivity (Wildman–Crippen MR) is 45.0 cm³/mol. The number of alkyl halides is 4. The molecule has 0 aromatic heterocycles. The van der Waals surface area contributed by atoms with Crippen molar-refractivity contribution in [3.8, 4) is 0 Å². The molecule has 15 heavy (non-hydrogen) atoms. The van der Waals surface area contributed by atoms with Crippen LogP contribution >= 0.6 is 0 Å². The average Bonchev–Trinajstić information content (AvgIpc) is 2.16. The van der Waals surface area contributed by atoms with Gasteiger partial charge in [0.2, 0.25) is 0 Å². The van der Waals surface area contributed by atoms with Crippen LogP contribution in [0.4, 0.5) is 17.6 Å². The van der Waals surface area contributed by atoms with Gasteiger partial charge in [-0.15, -0.1) is 0 Å². The molecule has 0 fully saturated rings. The molecule has 0 aromatic rings. The number of amides is 1. The van der Waals surface area contributed by atoms with E-state index in [0.717, 1.165) is 0 Å². The first-order valence-electron chi connectivity index (χ1n) is 4.32. The number of hydrogen-bond acceptors (Lipinski definition) is 2. The van der Waals surface area contributed by atoms with Gasteiger partial charge in [0.1, 0.15) is 0 Å². The van der Waals surface area contributed by atoms with Crippen LogP contribution < -0.4 is 5.32 Å². The minimum Gasteiger partial charge on any atom is -0.383 e. The van der Waals surface area contributed by atoms with Crippen LogP contribution in [0, 0.1) is 0 Å². The standard InChI is InChI=1S/C8H13F4NO2/c1-3-5(4-15-2)13-7(14)8(11,12)6(9)10/h5-6H,3-4H2,1-2H3,(H,13,14). The summed E-state index contributed by atoms with van der Waals surface area (Å²) in [5.41, 5.74) is 0. The Hall–Kier alpha value is -0.850. The van der Waals surface area contributed by atoms with Gasteiger partial charge in [0.05, 0.1) is 12.6 Å². The van der Waals surface area contributed by atoms with E-state index in [2.05, 4.69) is 4.74 Å². The van der Waals surface area contributed by atoms with E-state index >= 15 is 0 Å². The van der Waals surface area contributed by atoms with Crippen LogP contribution in [0.25, 0.3) is 0 Å². The highest BCUT2D eigenvalue weighted by molar-refractivity contribution is 5.84. The molecule has 1 N–H and O–H groups in total. The molecule has 0 bridgehead atoms. The zero-order valence-corrected chi connectivity index (χ0v) is 8.40. The fourth-order valence-corrected chi connectivity index (χ4v) is 0.843. The number of halogens is 4. The summed E-state index contributed by atoms with van der Waals surface area (Å²) in [6, 6.07) is -0.688. The highest BCUT2D eigenvalue weighted by atomic mass is 19.3. The summed E-state index contributed by atoms with van der Waals surface area (Å²) < 4.78 is 53.1. The summed E-state index contributed by atoms with van der Waals surface area (Å²) >= 11 is 0. The zero-order valence-electron chi connectivity index (χ0n) is 8.40. The van der Waals surface area contributed by atoms with Gasteiger partial charge in [-0.05, 0) is 6.42 Å². The third-order valence-electron chi connectivity index (χ3n) is 1.77. The van der Waals surface area contributed by atoms with Gasteiger partial charge in [-0.1, -0.05) is 6.92 Å². The molecule has 3 nitrogen and oxygen atoms in total. The van der Waals surface area contributed by atoms with E-state index in [9.17, 15) is 22.4 Å². The van der Waals surface area contributed by atoms with Gasteiger partial charge in [-0.2, -0.15) is 8.78 Å². The van der Waals surface area contributed by atoms with Gasteiger partial charge < -0.3 is 10.1 Å². The van der Waals surface area contributed by atoms with Crippen LogP contribution in [0.5, 0.6) is 0 Å². The molecule has 0 rings (SSSR count). The van der Waals surface area contributed by atoms with Crippen LogP contribution in [0.15, 0.2) is 0 Å². The second-order valence-electron chi connectivity index (χ2n) is 2.96. The van der Waals surface area contributed by atoms with E-state index in [4.69, 9.17) is 0 Å². The highest BCUT2D eigenvalue weighted by Crippen LogP contribution is 2.22. The van der Waals surface area contributed by atoms with E-state index in [0.29, 0.717) is 6.42 Å². The SMILES string of the molecule is CCC(COC)NC(=O)C(F)(F)C(F)F. The lowest BCUT2D eigenvalue weighted by Gasteiger charge is -2.20. The Morgan fingerprint density at radius 1 is 1.47 bits per heavy atom. The van der Waals surface area contributed by atoms with Crippen molar-refractivity contribution in [2.45, 2.75) is 31.7 Å². The van der Waals surface area contributed by atoms with E-state index in [1.165, 1.54) is 7.11 Å². The Morgan fingerprint density at radius 3 is 2.33 bits per heavy atom. The maximum atomic E-state index is 12.5. The fourth-order valence-electron chi connectivity index (χ4n) is 0.843. The van der Waals surface area contributed by atoms with Crippen LogP contribution in [0.2, 0.25) is 0 Å². The fraction of sp³-hybridized carbons (Fsp3) is 0.875. The third-order valence-corrected chi connectivity index (χ3v) is 1.77. The lowest BCUT2D eigenvalue weighted by molar-refractivity contribution is -0.170. The first-order valence-corrected chi connectivity index (χ1v) is 4.32. The highest BCUT2D eigenvalue weighted by Gasteiger charge is 2.49. The number of rotatable bonds is 6. The van der Waals surface area contributed by atoms with Crippen LogP contribution in [0.1, 0.15) is 13.3 Å². The van der Waals surface area contributed by atoms with Crippen molar-refractivity contribution in [1.82, 2.24) is 5.32 Å². The smallest absolute Gasteiger partial charge is 0.383 e. The molecule has 0 aliphatic heterocycles. The Bertz CT molecular complexity index is 211. The Labute approximate surface area is 84.8 Å². The van der Waals surface area contributed by atoms with E-state index in [1.54, 1.807) is 12.2 Å². The van der Waals surface area contributed by atoms with Gasteiger partial charge in [-0.3, -0.25) is 4.79 Å². The summed E-state index contributed by atoms with van der Waals surface area (Å²) in [4.78, 5) is 10.8. The lowest BCUT2D eigenvalue weighted by atomic mass is 10.2. The maximum absolute atomic E-state index is 12.5. The van der Waals surface area contributed by atoms with Crippen molar-refractivity contribution in [1.29, 1.82) is 0 Å². The molecule has 90 valence electrons. The molecule has 7 heteroatoms. The molecule has 1 atom stereocenters. The van der Waals surface area contributed by atoms with Crippen molar-refractivity contribution in [2.75, 3.05) is 13.7 Å². The normalized spacial score (nSPS) is 14.1. The third kappa shape index (κ3) is 4.03. The maximum Gasteiger partial charge on any atom is 0.383 e. The number of nitrogens with one attached hydrogen (secondary N) is 1. The summed E-state index contributed by atoms with van der Waals surface area (Å²) in [6.07, 6.45) is -3.68. The molecule has 0 spiro atoms. The van der Waals surface area contributed by atoms with Crippen LogP contribution in [-0.4, -0.2) is 38.0 Å². The van der Waals surface area contributed by atoms with Crippen molar-refractivity contribution in [2.24, 2.45) is 0 Å². The molecule has 0 aromatic carbocycles. The van der Waals surface area contributed by atoms with Crippen molar-refractivity contribution in [3.05, 3.63) is 0 Å². The quantitative estimate of drug-likeness (QED) is 0.702. The molecule has 1 unspecified atom stereocenters. The van der Waals surface area contributed by atoms with Gasteiger partial charge in [0, 0.05) is 7.11 Å². The van der Waals surface area contributed by atoms with E-state index < -0.39 is 24.3 Å². The largest absolute Gasteiger partial charge is 0.383 e. The second kappa shape index (κ2) is 5.89. The number of ether oxygens (including phenoxy) is 1. The Morgan fingerprint density at radius 2 is 2.00 bits per heavy atom. The monoisotopic (exact) mass is 231 g/mol. The van der Waals surface area contributed by atoms with Crippen molar-refractivity contribution >= 4 is 5.91 Å². The molecule has 0 radical (unpaired) electrons. The van der Waals surface area contributed by atoms with Gasteiger partial charge in [0.15, 0.2) is 0 Å². The van der Waals surface area contributed by atoms with Gasteiger partial charge in [-0.25, -0.2) is 8.78 Å². The summed E-state index contributed by atoms with van der Waals surface area (Å²) in [6.45, 7) is 1.62. The summed E-state index contributed by atoms with van der Waals surface area (Å²) in [7, 11) is 1.32. The van der Waals surface area contributed by atoms with Crippen molar-refractivity contribution in [3.63, 3.8) is 0 Å². The summed E-state index contributed by atoms with van der Waals surface area (Å²) in [5.74, 6) is -6.62. The summed E-state index contributed by atoms with van der Waals surface area (Å²) in [5, 5.41) is 1.80. The molecule has 1 amide bonds. The minimum absolute atomic E-state index is 0.00155. The Balaban J connectivity index is 4.33. The zero-order chi connectivity index (χ0) is 12.1. The van der Waals surface area contributed by atoms with Crippen LogP contribution in [-0.2, 0) is 9.53 Å². The van der Waals surface area contributed by atoms with Crippen LogP contribution in [0.3, 0.4) is 0 Å². The minimum atomic E-state index is -4.65. The number of methoxy groups -OCH3 is 1. The van der Waals surface area contributed by atoms with Gasteiger partial charge in [0.25, 0.3) is 5.91 Å². The van der Waals surface area contributed by atoms with Gasteiger partial charge >= 0.3 is 12.3 Å². The first kappa shape index (κ1) is 14.2. The second-order valence-corrected chi connectivity index (χ2v) is 2.96. The number of hydrogen-bond donors (Lipinski definition) is 1. The predicted octanol–water partition coefficient (Wildman–Crippen LogP) is 1.43. The molecule has 0 aliphatic carbocycles. The molecular weight excluding hydrogens is 218 g/mol. The Kier molecular flexibility index (Phi) is 5.56. The van der Waals surface area contributed by atoms with Crippen molar-refractivity contribution < 1.29 is 27.1 Å². The molecular formula is C8H13F4NO2. The van der Waals surface area contributed by atoms with E-state index in [1.807, 2.05) is 0 Å². The molecule has 0 aliphatic rings. The molecule has 0 saturated carbocycles. The molecule has 0 saturated heterocycles. The first-order chi connectivity index (χ1) is 6.86. The number of carbonyl (C=O) groups excluding carboxylic acids is 1. The number of carbonyl (C=O) groups is 1.